The van der Waals surface area contributed by atoms with E-state index in [2.05, 4.69) is 9.36 Å². The van der Waals surface area contributed by atoms with Gasteiger partial charge in [0.25, 0.3) is 0 Å². The zero-order chi connectivity index (χ0) is 10.1. The average Bonchev–Trinajstić information content (AvgIpc) is 2.70. The fraction of sp³-hybridized carbons (Fsp3) is 0.625. The topological polar surface area (TPSA) is 66.3 Å². The summed E-state index contributed by atoms with van der Waals surface area (Å²) in [7, 11) is 0. The van der Waals surface area contributed by atoms with E-state index in [0.717, 1.165) is 18.1 Å². The Morgan fingerprint density at radius 2 is 2.50 bits per heavy atom. The van der Waals surface area contributed by atoms with Crippen LogP contribution in [0.25, 0.3) is 0 Å². The van der Waals surface area contributed by atoms with E-state index in [9.17, 15) is 4.79 Å². The molecule has 0 amide bonds. The van der Waals surface area contributed by atoms with Gasteiger partial charge in [-0.05, 0) is 19.8 Å². The molecule has 1 aliphatic heterocycles. The second-order valence-electron chi connectivity index (χ2n) is 3.31. The first-order valence-electron chi connectivity index (χ1n) is 4.48. The highest BCUT2D eigenvalue weighted by Crippen LogP contribution is 2.26. The number of carboxylic acids is 1. The van der Waals surface area contributed by atoms with Crippen LogP contribution in [-0.4, -0.2) is 33.0 Å². The third kappa shape index (κ3) is 1.57. The van der Waals surface area contributed by atoms with Gasteiger partial charge in [0.15, 0.2) is 0 Å². The normalized spacial score (nSPS) is 21.5. The molecule has 6 heteroatoms. The van der Waals surface area contributed by atoms with E-state index < -0.39 is 12.0 Å². The summed E-state index contributed by atoms with van der Waals surface area (Å²) in [5, 5.41) is 9.70. The van der Waals surface area contributed by atoms with Crippen LogP contribution >= 0.6 is 11.5 Å². The molecule has 0 unspecified atom stereocenters. The highest BCUT2D eigenvalue weighted by atomic mass is 32.1. The molecule has 0 aromatic carbocycles. The van der Waals surface area contributed by atoms with E-state index >= 15 is 0 Å². The lowest BCUT2D eigenvalue weighted by Crippen LogP contribution is -2.35. The van der Waals surface area contributed by atoms with Crippen molar-refractivity contribution < 1.29 is 9.90 Å². The Bertz CT molecular complexity index is 352. The van der Waals surface area contributed by atoms with Crippen molar-refractivity contribution in [1.82, 2.24) is 9.36 Å². The molecule has 1 saturated heterocycles. The number of anilines is 1. The van der Waals surface area contributed by atoms with Crippen molar-refractivity contribution in [2.45, 2.75) is 25.8 Å². The molecule has 1 N–H and O–H groups in total. The number of carboxylic acid groups (broad SMARTS) is 1. The van der Waals surface area contributed by atoms with Crippen LogP contribution in [0.5, 0.6) is 0 Å². The monoisotopic (exact) mass is 213 g/mol. The molecule has 0 spiro atoms. The van der Waals surface area contributed by atoms with E-state index in [-0.39, 0.29) is 0 Å². The molecule has 1 aromatic rings. The van der Waals surface area contributed by atoms with E-state index in [0.29, 0.717) is 12.2 Å². The maximum atomic E-state index is 10.9. The Balaban J connectivity index is 2.21. The minimum absolute atomic E-state index is 0.414. The summed E-state index contributed by atoms with van der Waals surface area (Å²) in [5.41, 5.74) is 0. The van der Waals surface area contributed by atoms with Crippen molar-refractivity contribution in [3.8, 4) is 0 Å². The lowest BCUT2D eigenvalue weighted by molar-refractivity contribution is -0.138. The fourth-order valence-corrected chi connectivity index (χ4v) is 2.41. The number of aliphatic carboxylic acids is 1. The zero-order valence-corrected chi connectivity index (χ0v) is 8.62. The molecule has 1 aromatic heterocycles. The summed E-state index contributed by atoms with van der Waals surface area (Å²) in [6, 6.07) is -0.414. The van der Waals surface area contributed by atoms with Crippen molar-refractivity contribution in [1.29, 1.82) is 0 Å². The quantitative estimate of drug-likeness (QED) is 0.790. The van der Waals surface area contributed by atoms with Crippen LogP contribution in [0.1, 0.15) is 18.7 Å². The van der Waals surface area contributed by atoms with Crippen LogP contribution in [0.3, 0.4) is 0 Å². The molecule has 1 aliphatic rings. The molecular formula is C8H11N3O2S. The van der Waals surface area contributed by atoms with Gasteiger partial charge >= 0.3 is 5.97 Å². The predicted octanol–water partition coefficient (Wildman–Crippen LogP) is 0.900. The second kappa shape index (κ2) is 3.53. The first-order valence-corrected chi connectivity index (χ1v) is 5.25. The smallest absolute Gasteiger partial charge is 0.326 e. The number of aryl methyl sites for hydroxylation is 1. The molecule has 0 saturated carbocycles. The van der Waals surface area contributed by atoms with Gasteiger partial charge in [0.2, 0.25) is 5.13 Å². The van der Waals surface area contributed by atoms with E-state index in [4.69, 9.17) is 5.11 Å². The summed E-state index contributed by atoms with van der Waals surface area (Å²) < 4.78 is 4.05. The molecule has 2 rings (SSSR count). The predicted molar refractivity (Wildman–Crippen MR) is 52.6 cm³/mol. The lowest BCUT2D eigenvalue weighted by atomic mass is 10.2. The lowest BCUT2D eigenvalue weighted by Gasteiger charge is -2.19. The van der Waals surface area contributed by atoms with Crippen molar-refractivity contribution in [2.75, 3.05) is 11.4 Å². The van der Waals surface area contributed by atoms with Crippen molar-refractivity contribution >= 4 is 22.6 Å². The third-order valence-electron chi connectivity index (χ3n) is 2.30. The summed E-state index contributed by atoms with van der Waals surface area (Å²) >= 11 is 1.27. The Morgan fingerprint density at radius 1 is 1.71 bits per heavy atom. The molecule has 1 atom stereocenters. The first-order chi connectivity index (χ1) is 6.68. The van der Waals surface area contributed by atoms with Gasteiger partial charge in [-0.1, -0.05) is 0 Å². The SMILES string of the molecule is Cc1nsc(N2CCC[C@H]2C(=O)O)n1. The minimum atomic E-state index is -0.768. The Morgan fingerprint density at radius 3 is 3.07 bits per heavy atom. The number of rotatable bonds is 2. The third-order valence-corrected chi connectivity index (χ3v) is 3.15. The van der Waals surface area contributed by atoms with Crippen LogP contribution in [-0.2, 0) is 4.79 Å². The highest BCUT2D eigenvalue weighted by Gasteiger charge is 2.32. The van der Waals surface area contributed by atoms with Crippen LogP contribution < -0.4 is 4.90 Å². The van der Waals surface area contributed by atoms with E-state index in [1.807, 2.05) is 11.8 Å². The minimum Gasteiger partial charge on any atom is -0.480 e. The highest BCUT2D eigenvalue weighted by molar-refractivity contribution is 7.09. The molecule has 14 heavy (non-hydrogen) atoms. The number of hydrogen-bond donors (Lipinski definition) is 1. The van der Waals surface area contributed by atoms with Crippen LogP contribution in [0, 0.1) is 6.92 Å². The number of aromatic nitrogens is 2. The summed E-state index contributed by atoms with van der Waals surface area (Å²) in [4.78, 5) is 16.9. The number of carbonyl (C=O) groups is 1. The van der Waals surface area contributed by atoms with Gasteiger partial charge in [-0.3, -0.25) is 0 Å². The molecule has 5 nitrogen and oxygen atoms in total. The van der Waals surface area contributed by atoms with Crippen LogP contribution in [0.2, 0.25) is 0 Å². The first kappa shape index (κ1) is 9.39. The maximum absolute atomic E-state index is 10.9. The fourth-order valence-electron chi connectivity index (χ4n) is 1.66. The number of hydrogen-bond acceptors (Lipinski definition) is 5. The molecule has 76 valence electrons. The van der Waals surface area contributed by atoms with Gasteiger partial charge in [0, 0.05) is 18.1 Å². The molecule has 0 aliphatic carbocycles. The molecular weight excluding hydrogens is 202 g/mol. The van der Waals surface area contributed by atoms with Crippen molar-refractivity contribution in [2.24, 2.45) is 0 Å². The van der Waals surface area contributed by atoms with E-state index in [1.165, 1.54) is 11.5 Å². The molecule has 0 radical (unpaired) electrons. The molecule has 0 bridgehead atoms. The summed E-state index contributed by atoms with van der Waals surface area (Å²) in [5.74, 6) is -0.0589. The molecule has 1 fully saturated rings. The standard InChI is InChI=1S/C8H11N3O2S/c1-5-9-8(14-10-5)11-4-2-3-6(11)7(12)13/h6H,2-4H2,1H3,(H,12,13)/t6-/m0/s1. The van der Waals surface area contributed by atoms with Crippen molar-refractivity contribution in [3.05, 3.63) is 5.82 Å². The number of nitrogens with zero attached hydrogens (tertiary/aromatic N) is 3. The maximum Gasteiger partial charge on any atom is 0.326 e. The summed E-state index contributed by atoms with van der Waals surface area (Å²) in [6.07, 6.45) is 1.61. The van der Waals surface area contributed by atoms with Gasteiger partial charge < -0.3 is 10.0 Å². The Labute approximate surface area is 85.6 Å². The van der Waals surface area contributed by atoms with Gasteiger partial charge in [0.1, 0.15) is 11.9 Å². The Hall–Kier alpha value is -1.17. The van der Waals surface area contributed by atoms with Crippen LogP contribution in [0.15, 0.2) is 0 Å². The largest absolute Gasteiger partial charge is 0.480 e. The van der Waals surface area contributed by atoms with Gasteiger partial charge in [-0.15, -0.1) is 0 Å². The summed E-state index contributed by atoms with van der Waals surface area (Å²) in [6.45, 7) is 2.58. The van der Waals surface area contributed by atoms with Crippen LogP contribution in [0.4, 0.5) is 5.13 Å². The van der Waals surface area contributed by atoms with Gasteiger partial charge in [0.05, 0.1) is 0 Å². The zero-order valence-electron chi connectivity index (χ0n) is 7.80. The van der Waals surface area contributed by atoms with Gasteiger partial charge in [-0.2, -0.15) is 4.37 Å². The second-order valence-corrected chi connectivity index (χ2v) is 4.04. The van der Waals surface area contributed by atoms with Gasteiger partial charge in [-0.25, -0.2) is 9.78 Å². The average molecular weight is 213 g/mol. The molecule has 2 heterocycles. The van der Waals surface area contributed by atoms with Crippen molar-refractivity contribution in [3.63, 3.8) is 0 Å². The Kier molecular flexibility index (Phi) is 2.37. The van der Waals surface area contributed by atoms with E-state index in [1.54, 1.807) is 0 Å².